The van der Waals surface area contributed by atoms with E-state index in [0.29, 0.717) is 40.2 Å². The third-order valence-corrected chi connectivity index (χ3v) is 6.29. The van der Waals surface area contributed by atoms with E-state index in [4.69, 9.17) is 33.2 Å². The molecule has 174 valence electrons. The third-order valence-electron chi connectivity index (χ3n) is 5.86. The summed E-state index contributed by atoms with van der Waals surface area (Å²) in [6.07, 6.45) is 4.06. The van der Waals surface area contributed by atoms with Crippen LogP contribution in [0.5, 0.6) is 0 Å². The van der Waals surface area contributed by atoms with Crippen molar-refractivity contribution in [3.8, 4) is 0 Å². The number of nitrogens with one attached hydrogen (secondary N) is 3. The van der Waals surface area contributed by atoms with E-state index in [0.717, 1.165) is 42.4 Å². The standard InChI is InChI=1S/C24H28Cl2N6O/c1-32(2)22-20-5-3-4-6-21(20)30-23(31-22)28-18-9-7-15(8-10-18)14-27-24(33)29-19-12-16(25)11-17(26)13-19/h3-6,11-13,15,18H,7-10,14H2,1-2H3,(H2,27,29,33)(H,28,30,31). The number of nitrogens with zero attached hydrogens (tertiary/aromatic N) is 3. The summed E-state index contributed by atoms with van der Waals surface area (Å²) in [5.41, 5.74) is 1.51. The van der Waals surface area contributed by atoms with Crippen LogP contribution in [-0.2, 0) is 0 Å². The van der Waals surface area contributed by atoms with Gasteiger partial charge in [0, 0.05) is 47.8 Å². The van der Waals surface area contributed by atoms with Crippen LogP contribution in [-0.4, -0.2) is 42.7 Å². The second kappa shape index (κ2) is 10.4. The van der Waals surface area contributed by atoms with Crippen molar-refractivity contribution in [3.63, 3.8) is 0 Å². The molecule has 2 amide bonds. The lowest BCUT2D eigenvalue weighted by molar-refractivity contribution is 0.246. The fourth-order valence-corrected chi connectivity index (χ4v) is 4.72. The number of carbonyl (C=O) groups excluding carboxylic acids is 1. The highest BCUT2D eigenvalue weighted by atomic mass is 35.5. The van der Waals surface area contributed by atoms with Crippen molar-refractivity contribution in [3.05, 3.63) is 52.5 Å². The number of halogens is 2. The Balaban J connectivity index is 1.27. The highest BCUT2D eigenvalue weighted by molar-refractivity contribution is 6.35. The normalized spacial score (nSPS) is 18.1. The molecule has 1 aliphatic rings. The summed E-state index contributed by atoms with van der Waals surface area (Å²) in [4.78, 5) is 23.7. The summed E-state index contributed by atoms with van der Waals surface area (Å²) in [7, 11) is 3.99. The quantitative estimate of drug-likeness (QED) is 0.410. The first kappa shape index (κ1) is 23.4. The number of benzene rings is 2. The molecule has 0 aliphatic heterocycles. The maximum atomic E-state index is 12.2. The number of anilines is 3. The summed E-state index contributed by atoms with van der Waals surface area (Å²) in [6.45, 7) is 0.629. The van der Waals surface area contributed by atoms with Gasteiger partial charge in [0.15, 0.2) is 0 Å². The molecule has 1 aromatic heterocycles. The Morgan fingerprint density at radius 1 is 1.03 bits per heavy atom. The lowest BCUT2D eigenvalue weighted by atomic mass is 9.86. The SMILES string of the molecule is CN(C)c1nc(NC2CCC(CNC(=O)Nc3cc(Cl)cc(Cl)c3)CC2)nc2ccccc12. The van der Waals surface area contributed by atoms with Crippen molar-refractivity contribution >= 4 is 57.6 Å². The van der Waals surface area contributed by atoms with E-state index < -0.39 is 0 Å². The van der Waals surface area contributed by atoms with Crippen LogP contribution < -0.4 is 20.9 Å². The van der Waals surface area contributed by atoms with Crippen LogP contribution in [0, 0.1) is 5.92 Å². The van der Waals surface area contributed by atoms with Gasteiger partial charge in [-0.15, -0.1) is 0 Å². The number of aromatic nitrogens is 2. The molecule has 3 N–H and O–H groups in total. The third kappa shape index (κ3) is 6.18. The number of carbonyl (C=O) groups is 1. The molecule has 1 fully saturated rings. The molecule has 4 rings (SSSR count). The fourth-order valence-electron chi connectivity index (χ4n) is 4.20. The Morgan fingerprint density at radius 3 is 2.42 bits per heavy atom. The highest BCUT2D eigenvalue weighted by Crippen LogP contribution is 2.28. The number of hydrogen-bond donors (Lipinski definition) is 3. The lowest BCUT2D eigenvalue weighted by Gasteiger charge is -2.29. The van der Waals surface area contributed by atoms with E-state index in [1.807, 2.05) is 43.3 Å². The van der Waals surface area contributed by atoms with Gasteiger partial charge in [-0.1, -0.05) is 35.3 Å². The molecular weight excluding hydrogens is 459 g/mol. The van der Waals surface area contributed by atoms with Gasteiger partial charge in [-0.3, -0.25) is 0 Å². The predicted molar refractivity (Wildman–Crippen MR) is 137 cm³/mol. The van der Waals surface area contributed by atoms with Crippen molar-refractivity contribution < 1.29 is 4.79 Å². The fraction of sp³-hybridized carbons (Fsp3) is 0.375. The van der Waals surface area contributed by atoms with Crippen LogP contribution in [0.4, 0.5) is 22.2 Å². The summed E-state index contributed by atoms with van der Waals surface area (Å²) in [5.74, 6) is 2.01. The van der Waals surface area contributed by atoms with E-state index in [9.17, 15) is 4.79 Å². The van der Waals surface area contributed by atoms with Gasteiger partial charge >= 0.3 is 6.03 Å². The first-order valence-electron chi connectivity index (χ1n) is 11.1. The topological polar surface area (TPSA) is 82.2 Å². The molecule has 7 nitrogen and oxygen atoms in total. The molecule has 33 heavy (non-hydrogen) atoms. The van der Waals surface area contributed by atoms with E-state index >= 15 is 0 Å². The van der Waals surface area contributed by atoms with Gasteiger partial charge in [0.05, 0.1) is 5.52 Å². The second-order valence-corrected chi connectivity index (χ2v) is 9.51. The van der Waals surface area contributed by atoms with Gasteiger partial charge in [-0.05, 0) is 61.9 Å². The summed E-state index contributed by atoms with van der Waals surface area (Å²) in [6, 6.07) is 13.1. The molecule has 0 unspecified atom stereocenters. The molecule has 0 bridgehead atoms. The van der Waals surface area contributed by atoms with Crippen LogP contribution in [0.3, 0.4) is 0 Å². The maximum absolute atomic E-state index is 12.2. The van der Waals surface area contributed by atoms with Crippen molar-refractivity contribution in [1.82, 2.24) is 15.3 Å². The first-order chi connectivity index (χ1) is 15.9. The minimum absolute atomic E-state index is 0.255. The van der Waals surface area contributed by atoms with Crippen molar-refractivity contribution in [2.24, 2.45) is 5.92 Å². The highest BCUT2D eigenvalue weighted by Gasteiger charge is 2.22. The summed E-state index contributed by atoms with van der Waals surface area (Å²) < 4.78 is 0. The predicted octanol–water partition coefficient (Wildman–Crippen LogP) is 5.80. The number of para-hydroxylation sites is 1. The molecule has 9 heteroatoms. The summed E-state index contributed by atoms with van der Waals surface area (Å²) >= 11 is 12.0. The van der Waals surface area contributed by atoms with Gasteiger partial charge in [0.2, 0.25) is 5.95 Å². The minimum Gasteiger partial charge on any atom is -0.362 e. The molecule has 2 aromatic carbocycles. The molecule has 1 heterocycles. The van der Waals surface area contributed by atoms with Gasteiger partial charge in [-0.25, -0.2) is 9.78 Å². The van der Waals surface area contributed by atoms with E-state index in [2.05, 4.69) is 16.0 Å². The van der Waals surface area contributed by atoms with Crippen LogP contribution >= 0.6 is 23.2 Å². The molecular formula is C24H28Cl2N6O. The average molecular weight is 487 g/mol. The van der Waals surface area contributed by atoms with Crippen molar-refractivity contribution in [2.45, 2.75) is 31.7 Å². The average Bonchev–Trinajstić information content (AvgIpc) is 2.77. The zero-order chi connectivity index (χ0) is 23.4. The molecule has 1 aliphatic carbocycles. The van der Waals surface area contributed by atoms with Crippen LogP contribution in [0.25, 0.3) is 10.9 Å². The van der Waals surface area contributed by atoms with Gasteiger partial charge < -0.3 is 20.9 Å². The zero-order valence-electron chi connectivity index (χ0n) is 18.7. The molecule has 0 atom stereocenters. The van der Waals surface area contributed by atoms with Gasteiger partial charge in [0.25, 0.3) is 0 Å². The number of rotatable bonds is 6. The number of urea groups is 1. The Morgan fingerprint density at radius 2 is 1.73 bits per heavy atom. The molecule has 0 saturated heterocycles. The van der Waals surface area contributed by atoms with Gasteiger partial charge in [-0.2, -0.15) is 4.98 Å². The summed E-state index contributed by atoms with van der Waals surface area (Å²) in [5, 5.41) is 11.3. The largest absolute Gasteiger partial charge is 0.362 e. The minimum atomic E-state index is -0.255. The van der Waals surface area contributed by atoms with Crippen molar-refractivity contribution in [1.29, 1.82) is 0 Å². The number of amides is 2. The Hall–Kier alpha value is -2.77. The second-order valence-electron chi connectivity index (χ2n) is 8.64. The van der Waals surface area contributed by atoms with Crippen LogP contribution in [0.1, 0.15) is 25.7 Å². The monoisotopic (exact) mass is 486 g/mol. The smallest absolute Gasteiger partial charge is 0.319 e. The first-order valence-corrected chi connectivity index (χ1v) is 11.8. The Kier molecular flexibility index (Phi) is 7.40. The van der Waals surface area contributed by atoms with E-state index in [1.165, 1.54) is 0 Å². The number of fused-ring (bicyclic) bond motifs is 1. The number of hydrogen-bond acceptors (Lipinski definition) is 5. The Bertz CT molecular complexity index is 1110. The Labute approximate surface area is 203 Å². The lowest BCUT2D eigenvalue weighted by Crippen LogP contribution is -2.36. The van der Waals surface area contributed by atoms with Crippen molar-refractivity contribution in [2.75, 3.05) is 36.2 Å². The van der Waals surface area contributed by atoms with E-state index in [1.54, 1.807) is 18.2 Å². The molecule has 0 radical (unpaired) electrons. The zero-order valence-corrected chi connectivity index (χ0v) is 20.2. The van der Waals surface area contributed by atoms with Crippen LogP contribution in [0.2, 0.25) is 10.0 Å². The molecule has 0 spiro atoms. The maximum Gasteiger partial charge on any atom is 0.319 e. The molecule has 1 saturated carbocycles. The molecule has 3 aromatic rings. The van der Waals surface area contributed by atoms with Gasteiger partial charge in [0.1, 0.15) is 5.82 Å². The van der Waals surface area contributed by atoms with E-state index in [-0.39, 0.29) is 6.03 Å². The van der Waals surface area contributed by atoms with Crippen LogP contribution in [0.15, 0.2) is 42.5 Å².